The first-order chi connectivity index (χ1) is 40.2. The van der Waals surface area contributed by atoms with Crippen LogP contribution in [0, 0.1) is 5.41 Å². The van der Waals surface area contributed by atoms with Crippen molar-refractivity contribution in [1.29, 1.82) is 5.41 Å². The van der Waals surface area contributed by atoms with Crippen LogP contribution in [0.5, 0.6) is 0 Å². The molecule has 6 heteroatoms. The molecule has 0 radical (unpaired) electrons. The number of rotatable bonds is 12. The molecule has 0 amide bonds. The first-order valence-electron chi connectivity index (χ1n) is 27.8. The second-order valence-corrected chi connectivity index (χ2v) is 21.0. The maximum absolute atomic E-state index is 7.84. The molecule has 1 aliphatic carbocycles. The highest BCUT2D eigenvalue weighted by Crippen LogP contribution is 2.38. The van der Waals surface area contributed by atoms with Gasteiger partial charge in [0.1, 0.15) is 5.84 Å². The summed E-state index contributed by atoms with van der Waals surface area (Å²) in [5, 5.41) is 19.2. The van der Waals surface area contributed by atoms with Gasteiger partial charge in [0.15, 0.2) is 5.84 Å². The Labute approximate surface area is 480 Å². The second-order valence-electron chi connectivity index (χ2n) is 21.0. The molecule has 0 aliphatic heterocycles. The quantitative estimate of drug-likeness (QED) is 0.0726. The fourth-order valence-electron chi connectivity index (χ4n) is 11.0. The first kappa shape index (κ1) is 52.2. The minimum Gasteiger partial charge on any atom is -0.383 e. The summed E-state index contributed by atoms with van der Waals surface area (Å²) in [4.78, 5) is 4.10. The number of hydrogen-bond donors (Lipinski definition) is 4. The van der Waals surface area contributed by atoms with E-state index >= 15 is 0 Å². The van der Waals surface area contributed by atoms with E-state index in [2.05, 4.69) is 271 Å². The summed E-state index contributed by atoms with van der Waals surface area (Å²) in [7, 11) is 2.20. The van der Waals surface area contributed by atoms with Gasteiger partial charge in [0.25, 0.3) is 0 Å². The van der Waals surface area contributed by atoms with Gasteiger partial charge in [-0.1, -0.05) is 256 Å². The van der Waals surface area contributed by atoms with E-state index in [-0.39, 0.29) is 11.3 Å². The van der Waals surface area contributed by atoms with Crippen molar-refractivity contribution < 1.29 is 0 Å². The monoisotopic (exact) mass is 1060 g/mol. The summed E-state index contributed by atoms with van der Waals surface area (Å²) >= 11 is 0. The highest BCUT2D eigenvalue weighted by molar-refractivity contribution is 6.09. The summed E-state index contributed by atoms with van der Waals surface area (Å²) in [6.45, 7) is 2.37. The average molecular weight is 1060 g/mol. The highest BCUT2D eigenvalue weighted by Gasteiger charge is 2.27. The topological polar surface area (TPSA) is 91.2 Å². The lowest BCUT2D eigenvalue weighted by Crippen LogP contribution is -2.36. The number of nitrogens with two attached hydrogens (primary N) is 1. The predicted octanol–water partition coefficient (Wildman–Crippen LogP) is 17.3. The predicted molar refractivity (Wildman–Crippen MR) is 347 cm³/mol. The Kier molecular flexibility index (Phi) is 14.9. The van der Waals surface area contributed by atoms with Gasteiger partial charge in [-0.3, -0.25) is 5.41 Å². The molecule has 0 fully saturated rings. The smallest absolute Gasteiger partial charge is 0.154 e. The molecule has 0 bridgehead atoms. The number of aryl methyl sites for hydroxylation is 1. The molecule has 1 aromatic heterocycles. The normalized spacial score (nSPS) is 13.6. The molecule has 6 nitrogen and oxygen atoms in total. The summed E-state index contributed by atoms with van der Waals surface area (Å²) < 4.78 is 2.35. The lowest BCUT2D eigenvalue weighted by atomic mass is 9.77. The van der Waals surface area contributed by atoms with Crippen LogP contribution in [0.3, 0.4) is 0 Å². The summed E-state index contributed by atoms with van der Waals surface area (Å²) in [6, 6.07) is 99.4. The van der Waals surface area contributed by atoms with E-state index in [9.17, 15) is 0 Å². The number of para-hydroxylation sites is 1. The van der Waals surface area contributed by atoms with Crippen LogP contribution in [-0.2, 0) is 12.5 Å². The van der Waals surface area contributed by atoms with Crippen LogP contribution >= 0.6 is 0 Å². The van der Waals surface area contributed by atoms with Crippen molar-refractivity contribution in [3.8, 4) is 55.6 Å². The summed E-state index contributed by atoms with van der Waals surface area (Å²) in [6.07, 6.45) is 5.87. The molecular formula is C76H62N6. The number of anilines is 4. The molecular weight excluding hydrogens is 997 g/mol. The van der Waals surface area contributed by atoms with E-state index in [0.29, 0.717) is 5.84 Å². The minimum atomic E-state index is -0.155. The van der Waals surface area contributed by atoms with Gasteiger partial charge in [-0.2, -0.15) is 0 Å². The second kappa shape index (κ2) is 23.4. The fourth-order valence-corrected chi connectivity index (χ4v) is 11.0. The van der Waals surface area contributed by atoms with Gasteiger partial charge in [-0.25, -0.2) is 4.99 Å². The molecule has 11 aromatic carbocycles. The zero-order valence-electron chi connectivity index (χ0n) is 46.0. The molecule has 0 saturated heterocycles. The standard InChI is InChI=1S/C62H49N3.C14H13N3/c1-62(51-30-34-53(35-31-51)63-58-21-13-12-20-54(58)48-24-22-45(23-25-48)43-14-6-3-7-15-43)39-38-61-57(42-62)56-40-49(29-37-60(56)65(61)2)46-26-32-52(33-27-46)64-59-41-50(44-16-8-4-9-17-44)28-36-55(59)47-18-10-5-11-19-47;15-13(11-7-3-1-4-8-11)17-14(16)12-9-5-2-6-10-12/h3-38,40-42,63-64H,39H2,1-2H3;1-10H,(H3,15,16,17). The van der Waals surface area contributed by atoms with Gasteiger partial charge in [0.2, 0.25) is 0 Å². The molecule has 12 aromatic rings. The van der Waals surface area contributed by atoms with Crippen molar-refractivity contribution in [2.45, 2.75) is 18.8 Å². The molecule has 1 atom stereocenters. The van der Waals surface area contributed by atoms with Gasteiger partial charge in [0.05, 0.1) is 0 Å². The lowest BCUT2D eigenvalue weighted by molar-refractivity contribution is 0.650. The van der Waals surface area contributed by atoms with E-state index in [1.54, 1.807) is 0 Å². The van der Waals surface area contributed by atoms with E-state index in [1.807, 2.05) is 60.7 Å². The Bertz CT molecular complexity index is 4350. The number of fused-ring (bicyclic) bond motifs is 3. The Balaban J connectivity index is 0.000000335. The van der Waals surface area contributed by atoms with Gasteiger partial charge in [0, 0.05) is 78.9 Å². The Morgan fingerprint density at radius 1 is 0.451 bits per heavy atom. The maximum atomic E-state index is 7.84. The number of aliphatic imine (C=N–C) groups is 1. The summed E-state index contributed by atoms with van der Waals surface area (Å²) in [5.41, 5.74) is 26.0. The van der Waals surface area contributed by atoms with Gasteiger partial charge < -0.3 is 20.9 Å². The number of nitrogens with one attached hydrogen (secondary N) is 3. The van der Waals surface area contributed by atoms with E-state index in [1.165, 1.54) is 82.7 Å². The molecule has 396 valence electrons. The third-order valence-corrected chi connectivity index (χ3v) is 15.6. The van der Waals surface area contributed by atoms with Crippen LogP contribution in [0.15, 0.2) is 290 Å². The van der Waals surface area contributed by atoms with Crippen LogP contribution in [-0.4, -0.2) is 16.2 Å². The molecule has 1 aliphatic rings. The third-order valence-electron chi connectivity index (χ3n) is 15.6. The molecule has 1 unspecified atom stereocenters. The van der Waals surface area contributed by atoms with Crippen LogP contribution in [0.4, 0.5) is 22.7 Å². The summed E-state index contributed by atoms with van der Waals surface area (Å²) in [5.74, 6) is 0.534. The molecule has 1 heterocycles. The third kappa shape index (κ3) is 11.3. The van der Waals surface area contributed by atoms with Gasteiger partial charge in [-0.15, -0.1) is 0 Å². The SMILES string of the molecule is Cn1c2c(c3cc(-c4ccc(Nc5cc(-c6ccccc6)ccc5-c5ccccc5)cc4)ccc31)=CC(C)(c1ccc(Nc3ccccc3-c3ccc(-c4ccccc4)cc3)cc1)CC=2.N=C(N=C(N)c1ccccc1)c1ccccc1. The average Bonchev–Trinajstić information content (AvgIpc) is 4.00. The van der Waals surface area contributed by atoms with Crippen molar-refractivity contribution in [2.75, 3.05) is 10.6 Å². The zero-order valence-corrected chi connectivity index (χ0v) is 46.0. The molecule has 0 spiro atoms. The van der Waals surface area contributed by atoms with E-state index < -0.39 is 0 Å². The number of aromatic nitrogens is 1. The van der Waals surface area contributed by atoms with Crippen molar-refractivity contribution in [2.24, 2.45) is 17.8 Å². The largest absolute Gasteiger partial charge is 0.383 e. The number of benzene rings is 11. The van der Waals surface area contributed by atoms with Crippen molar-refractivity contribution in [1.82, 2.24) is 4.57 Å². The minimum absolute atomic E-state index is 0.155. The lowest BCUT2D eigenvalue weighted by Gasteiger charge is -2.27. The molecule has 82 heavy (non-hydrogen) atoms. The van der Waals surface area contributed by atoms with E-state index in [0.717, 1.165) is 40.3 Å². The van der Waals surface area contributed by atoms with Crippen LogP contribution in [0.1, 0.15) is 30.0 Å². The zero-order chi connectivity index (χ0) is 55.8. The van der Waals surface area contributed by atoms with Crippen LogP contribution < -0.4 is 26.9 Å². The maximum Gasteiger partial charge on any atom is 0.154 e. The van der Waals surface area contributed by atoms with Crippen molar-refractivity contribution in [3.05, 3.63) is 312 Å². The van der Waals surface area contributed by atoms with Gasteiger partial charge in [-0.05, 0) is 105 Å². The highest BCUT2D eigenvalue weighted by atomic mass is 14.9. The Hall–Kier alpha value is -10.6. The molecule has 5 N–H and O–H groups in total. The first-order valence-corrected chi connectivity index (χ1v) is 27.8. The molecule has 13 rings (SSSR count). The van der Waals surface area contributed by atoms with Crippen LogP contribution in [0.25, 0.3) is 78.7 Å². The number of nitrogens with zero attached hydrogens (tertiary/aromatic N) is 2. The Morgan fingerprint density at radius 2 is 0.890 bits per heavy atom. The van der Waals surface area contributed by atoms with Gasteiger partial charge >= 0.3 is 0 Å². The van der Waals surface area contributed by atoms with Crippen LogP contribution in [0.2, 0.25) is 0 Å². The number of hydrogen-bond acceptors (Lipinski definition) is 3. The fraction of sp³-hybridized carbons (Fsp3) is 0.0526. The van der Waals surface area contributed by atoms with Crippen molar-refractivity contribution in [3.63, 3.8) is 0 Å². The van der Waals surface area contributed by atoms with E-state index in [4.69, 9.17) is 11.1 Å². The molecule has 0 saturated carbocycles. The van der Waals surface area contributed by atoms with Crippen molar-refractivity contribution >= 4 is 57.5 Å². The number of amidine groups is 2. The Morgan fingerprint density at radius 3 is 1.54 bits per heavy atom.